The highest BCUT2D eigenvalue weighted by Gasteiger charge is 2.18. The number of allylic oxidation sites excluding steroid dienone is 1. The molecule has 0 bridgehead atoms. The Balaban J connectivity index is 3.07. The molecular weight excluding hydrogens is 168 g/mol. The van der Waals surface area contributed by atoms with E-state index in [9.17, 15) is 0 Å². The van der Waals surface area contributed by atoms with E-state index < -0.39 is 0 Å². The van der Waals surface area contributed by atoms with Crippen molar-refractivity contribution >= 4 is 24.2 Å². The molecule has 0 saturated carbocycles. The summed E-state index contributed by atoms with van der Waals surface area (Å²) in [5.74, 6) is 0.425. The van der Waals surface area contributed by atoms with Crippen molar-refractivity contribution in [1.29, 1.82) is 0 Å². The fourth-order valence-corrected chi connectivity index (χ4v) is 2.16. The Hall–Kier alpha value is -0.570. The van der Waals surface area contributed by atoms with Crippen molar-refractivity contribution in [2.75, 3.05) is 12.8 Å². The van der Waals surface area contributed by atoms with Gasteiger partial charge in [0.15, 0.2) is 0 Å². The van der Waals surface area contributed by atoms with E-state index in [1.807, 2.05) is 6.92 Å². The van der Waals surface area contributed by atoms with Crippen LogP contribution in [0, 0.1) is 5.92 Å². The van der Waals surface area contributed by atoms with Gasteiger partial charge in [-0.2, -0.15) is 0 Å². The van der Waals surface area contributed by atoms with Gasteiger partial charge in [-0.15, -0.1) is 11.8 Å². The molecule has 12 heavy (non-hydrogen) atoms. The van der Waals surface area contributed by atoms with Gasteiger partial charge in [-0.05, 0) is 19.9 Å². The van der Waals surface area contributed by atoms with Crippen LogP contribution in [-0.2, 0) is 0 Å². The monoisotopic (exact) mass is 182 g/mol. The predicted molar refractivity (Wildman–Crippen MR) is 57.2 cm³/mol. The summed E-state index contributed by atoms with van der Waals surface area (Å²) in [5, 5.41) is 0. The largest absolute Gasteiger partial charge is 0.288 e. The zero-order valence-corrected chi connectivity index (χ0v) is 8.61. The average Bonchev–Trinajstić information content (AvgIpc) is 2.08. The van der Waals surface area contributed by atoms with Crippen LogP contribution in [0.3, 0.4) is 0 Å². The fraction of sp³-hybridized carbons (Fsp3) is 0.556. The maximum atomic E-state index is 4.41. The van der Waals surface area contributed by atoms with Crippen LogP contribution in [0.2, 0.25) is 0 Å². The summed E-state index contributed by atoms with van der Waals surface area (Å²) >= 11 is 1.71. The van der Waals surface area contributed by atoms with Gasteiger partial charge in [0, 0.05) is 23.1 Å². The number of thioether (sulfide) groups is 1. The SMILES string of the molecule is C=NC1=C(SC)C(C)=NCC1C. The molecule has 0 aliphatic carbocycles. The molecule has 1 atom stereocenters. The van der Waals surface area contributed by atoms with Gasteiger partial charge < -0.3 is 0 Å². The molecule has 0 N–H and O–H groups in total. The summed E-state index contributed by atoms with van der Waals surface area (Å²) in [6.07, 6.45) is 2.05. The molecule has 2 nitrogen and oxygen atoms in total. The molecule has 0 amide bonds. The summed E-state index contributed by atoms with van der Waals surface area (Å²) in [4.78, 5) is 9.67. The molecule has 66 valence electrons. The summed E-state index contributed by atoms with van der Waals surface area (Å²) < 4.78 is 0. The molecular formula is C9H14N2S. The molecule has 0 aromatic carbocycles. The number of hydrogen-bond acceptors (Lipinski definition) is 3. The quantitative estimate of drug-likeness (QED) is 0.602. The van der Waals surface area contributed by atoms with Crippen molar-refractivity contribution in [3.63, 3.8) is 0 Å². The second-order valence-electron chi connectivity index (χ2n) is 2.90. The maximum absolute atomic E-state index is 4.41. The first-order valence-electron chi connectivity index (χ1n) is 3.97. The van der Waals surface area contributed by atoms with Gasteiger partial charge in [-0.3, -0.25) is 9.98 Å². The summed E-state index contributed by atoms with van der Waals surface area (Å²) in [5.41, 5.74) is 2.21. The molecule has 3 heteroatoms. The Labute approximate surface area is 77.9 Å². The lowest BCUT2D eigenvalue weighted by molar-refractivity contribution is 0.678. The third kappa shape index (κ3) is 1.61. The molecule has 0 spiro atoms. The number of nitrogens with zero attached hydrogens (tertiary/aromatic N) is 2. The first-order chi connectivity index (χ1) is 5.70. The molecule has 1 aliphatic rings. The first-order valence-corrected chi connectivity index (χ1v) is 5.19. The Morgan fingerprint density at radius 1 is 1.67 bits per heavy atom. The van der Waals surface area contributed by atoms with Gasteiger partial charge in [0.1, 0.15) is 0 Å². The lowest BCUT2D eigenvalue weighted by atomic mass is 10.0. The van der Waals surface area contributed by atoms with E-state index in [0.29, 0.717) is 5.92 Å². The summed E-state index contributed by atoms with van der Waals surface area (Å²) in [6.45, 7) is 8.61. The second kappa shape index (κ2) is 3.90. The van der Waals surface area contributed by atoms with Crippen LogP contribution in [0.1, 0.15) is 13.8 Å². The van der Waals surface area contributed by atoms with Gasteiger partial charge in [0.05, 0.1) is 5.70 Å². The molecule has 0 radical (unpaired) electrons. The van der Waals surface area contributed by atoms with Crippen molar-refractivity contribution in [2.24, 2.45) is 15.9 Å². The van der Waals surface area contributed by atoms with Crippen LogP contribution in [0.5, 0.6) is 0 Å². The van der Waals surface area contributed by atoms with Gasteiger partial charge >= 0.3 is 0 Å². The van der Waals surface area contributed by atoms with Gasteiger partial charge in [0.2, 0.25) is 0 Å². The molecule has 1 heterocycles. The second-order valence-corrected chi connectivity index (χ2v) is 3.72. The van der Waals surface area contributed by atoms with E-state index in [-0.39, 0.29) is 0 Å². The minimum Gasteiger partial charge on any atom is -0.288 e. The molecule has 1 rings (SSSR count). The van der Waals surface area contributed by atoms with Crippen LogP contribution in [0.4, 0.5) is 0 Å². The van der Waals surface area contributed by atoms with E-state index in [2.05, 4.69) is 29.9 Å². The van der Waals surface area contributed by atoms with Crippen molar-refractivity contribution in [3.05, 3.63) is 10.6 Å². The number of hydrogen-bond donors (Lipinski definition) is 0. The standard InChI is InChI=1S/C9H14N2S/c1-6-5-11-7(2)9(12-4)8(6)10-3/h6H,3,5H2,1-2,4H3. The lowest BCUT2D eigenvalue weighted by Gasteiger charge is -2.19. The topological polar surface area (TPSA) is 24.7 Å². The molecule has 1 unspecified atom stereocenters. The van der Waals surface area contributed by atoms with Gasteiger partial charge in [-0.1, -0.05) is 6.92 Å². The van der Waals surface area contributed by atoms with Crippen LogP contribution >= 0.6 is 11.8 Å². The van der Waals surface area contributed by atoms with E-state index >= 15 is 0 Å². The highest BCUT2D eigenvalue weighted by atomic mass is 32.2. The summed E-state index contributed by atoms with van der Waals surface area (Å²) in [7, 11) is 0. The highest BCUT2D eigenvalue weighted by molar-refractivity contribution is 8.03. The molecule has 0 aromatic heterocycles. The third-order valence-electron chi connectivity index (χ3n) is 2.00. The van der Waals surface area contributed by atoms with E-state index in [0.717, 1.165) is 18.0 Å². The number of aliphatic imine (C=N–C) groups is 2. The van der Waals surface area contributed by atoms with Crippen molar-refractivity contribution in [3.8, 4) is 0 Å². The van der Waals surface area contributed by atoms with Crippen molar-refractivity contribution < 1.29 is 0 Å². The number of rotatable bonds is 2. The maximum Gasteiger partial charge on any atom is 0.0596 e. The van der Waals surface area contributed by atoms with Gasteiger partial charge in [-0.25, -0.2) is 0 Å². The molecule has 0 saturated heterocycles. The van der Waals surface area contributed by atoms with E-state index in [1.165, 1.54) is 4.91 Å². The Bertz CT molecular complexity index is 253. The third-order valence-corrected chi connectivity index (χ3v) is 2.92. The smallest absolute Gasteiger partial charge is 0.0596 e. The lowest BCUT2D eigenvalue weighted by Crippen LogP contribution is -2.14. The molecule has 0 aromatic rings. The first kappa shape index (κ1) is 9.52. The minimum atomic E-state index is 0.425. The van der Waals surface area contributed by atoms with Crippen LogP contribution in [-0.4, -0.2) is 25.2 Å². The van der Waals surface area contributed by atoms with Crippen LogP contribution < -0.4 is 0 Å². The average molecular weight is 182 g/mol. The Morgan fingerprint density at radius 3 is 2.75 bits per heavy atom. The zero-order valence-electron chi connectivity index (χ0n) is 7.79. The van der Waals surface area contributed by atoms with E-state index in [4.69, 9.17) is 0 Å². The van der Waals surface area contributed by atoms with Crippen molar-refractivity contribution in [1.82, 2.24) is 0 Å². The predicted octanol–water partition coefficient (Wildman–Crippen LogP) is 2.37. The van der Waals surface area contributed by atoms with Crippen LogP contribution in [0.15, 0.2) is 20.6 Å². The minimum absolute atomic E-state index is 0.425. The normalized spacial score (nSPS) is 23.9. The Kier molecular flexibility index (Phi) is 3.09. The van der Waals surface area contributed by atoms with Crippen LogP contribution in [0.25, 0.3) is 0 Å². The fourth-order valence-electron chi connectivity index (χ4n) is 1.32. The zero-order chi connectivity index (χ0) is 9.14. The number of dihydropyridines is 1. The Morgan fingerprint density at radius 2 is 2.33 bits per heavy atom. The van der Waals surface area contributed by atoms with Gasteiger partial charge in [0.25, 0.3) is 0 Å². The molecule has 0 fully saturated rings. The molecule has 1 aliphatic heterocycles. The highest BCUT2D eigenvalue weighted by Crippen LogP contribution is 2.28. The van der Waals surface area contributed by atoms with Crippen molar-refractivity contribution in [2.45, 2.75) is 13.8 Å². The summed E-state index contributed by atoms with van der Waals surface area (Å²) in [6, 6.07) is 0. The van der Waals surface area contributed by atoms with E-state index in [1.54, 1.807) is 11.8 Å².